The van der Waals surface area contributed by atoms with Gasteiger partial charge in [0.25, 0.3) is 0 Å². The normalized spacial score (nSPS) is 10.7. The molecule has 5 nitrogen and oxygen atoms in total. The maximum Gasteiger partial charge on any atom is 0.141 e. The highest BCUT2D eigenvalue weighted by Crippen LogP contribution is 2.30. The van der Waals surface area contributed by atoms with E-state index >= 15 is 0 Å². The highest BCUT2D eigenvalue weighted by molar-refractivity contribution is 7.13. The molecule has 7 heteroatoms. The van der Waals surface area contributed by atoms with Crippen molar-refractivity contribution in [1.82, 2.24) is 19.9 Å². The topological polar surface area (TPSA) is 77.6 Å². The number of pyridine rings is 1. The fourth-order valence-electron chi connectivity index (χ4n) is 1.69. The molecule has 0 amide bonds. The molecule has 0 aliphatic rings. The number of nitrogen functional groups attached to an aromatic ring is 1. The molecule has 0 spiro atoms. The molecule has 3 heterocycles. The smallest absolute Gasteiger partial charge is 0.141 e. The summed E-state index contributed by atoms with van der Waals surface area (Å²) in [7, 11) is 0. The van der Waals surface area contributed by atoms with Crippen LogP contribution in [-0.2, 0) is 0 Å². The first-order chi connectivity index (χ1) is 9.63. The van der Waals surface area contributed by atoms with Gasteiger partial charge in [0, 0.05) is 11.6 Å². The highest BCUT2D eigenvalue weighted by atomic mass is 32.1. The minimum atomic E-state index is -0.375. The van der Waals surface area contributed by atoms with Gasteiger partial charge in [0.1, 0.15) is 28.2 Å². The van der Waals surface area contributed by atoms with Crippen molar-refractivity contribution in [3.8, 4) is 22.0 Å². The Morgan fingerprint density at radius 2 is 1.95 bits per heavy atom. The van der Waals surface area contributed by atoms with Crippen LogP contribution in [-0.4, -0.2) is 19.9 Å². The van der Waals surface area contributed by atoms with Gasteiger partial charge in [-0.2, -0.15) is 0 Å². The maximum absolute atomic E-state index is 12.8. The number of aryl methyl sites for hydroxylation is 1. The Morgan fingerprint density at radius 1 is 1.10 bits per heavy atom. The van der Waals surface area contributed by atoms with Crippen LogP contribution in [0.3, 0.4) is 0 Å². The van der Waals surface area contributed by atoms with Crippen LogP contribution in [0.2, 0.25) is 0 Å². The first-order valence-electron chi connectivity index (χ1n) is 5.80. The first kappa shape index (κ1) is 12.6. The number of thiazole rings is 1. The molecule has 2 N–H and O–H groups in total. The summed E-state index contributed by atoms with van der Waals surface area (Å²) in [5.74, 6) is 0.633. The number of rotatable bonds is 2. The van der Waals surface area contributed by atoms with Crippen molar-refractivity contribution in [2.24, 2.45) is 0 Å². The molecule has 0 aliphatic carbocycles. The van der Waals surface area contributed by atoms with E-state index in [2.05, 4.69) is 19.9 Å². The lowest BCUT2D eigenvalue weighted by molar-refractivity contribution is 0.622. The van der Waals surface area contributed by atoms with Crippen LogP contribution >= 0.6 is 11.3 Å². The van der Waals surface area contributed by atoms with Crippen LogP contribution in [0.1, 0.15) is 5.82 Å². The Morgan fingerprint density at radius 3 is 2.65 bits per heavy atom. The molecule has 0 bridgehead atoms. The maximum atomic E-state index is 12.8. The van der Waals surface area contributed by atoms with E-state index in [1.165, 1.54) is 17.4 Å². The number of anilines is 1. The van der Waals surface area contributed by atoms with Crippen LogP contribution in [0.25, 0.3) is 22.0 Å². The number of hydrogen-bond acceptors (Lipinski definition) is 6. The van der Waals surface area contributed by atoms with Gasteiger partial charge in [-0.05, 0) is 19.1 Å². The van der Waals surface area contributed by atoms with Crippen molar-refractivity contribution in [2.75, 3.05) is 5.73 Å². The molecule has 20 heavy (non-hydrogen) atoms. The van der Waals surface area contributed by atoms with Gasteiger partial charge in [-0.15, -0.1) is 11.3 Å². The summed E-state index contributed by atoms with van der Waals surface area (Å²) < 4.78 is 12.8. The summed E-state index contributed by atoms with van der Waals surface area (Å²) in [5.41, 5.74) is 7.84. The van der Waals surface area contributed by atoms with E-state index in [-0.39, 0.29) is 5.82 Å². The molecule has 0 aliphatic heterocycles. The van der Waals surface area contributed by atoms with Crippen LogP contribution < -0.4 is 5.73 Å². The lowest BCUT2D eigenvalue weighted by atomic mass is 10.3. The number of halogens is 1. The van der Waals surface area contributed by atoms with Gasteiger partial charge >= 0.3 is 0 Å². The monoisotopic (exact) mass is 287 g/mol. The van der Waals surface area contributed by atoms with Crippen LogP contribution in [0.4, 0.5) is 10.2 Å². The molecule has 0 fully saturated rings. The summed E-state index contributed by atoms with van der Waals surface area (Å²) in [6.45, 7) is 1.77. The molecule has 100 valence electrons. The molecule has 0 radical (unpaired) electrons. The first-order valence-corrected chi connectivity index (χ1v) is 6.68. The van der Waals surface area contributed by atoms with E-state index in [1.807, 2.05) is 5.38 Å². The van der Waals surface area contributed by atoms with E-state index in [1.54, 1.807) is 19.2 Å². The van der Waals surface area contributed by atoms with Gasteiger partial charge in [0.05, 0.1) is 17.5 Å². The highest BCUT2D eigenvalue weighted by Gasteiger charge is 2.11. The molecular weight excluding hydrogens is 277 g/mol. The lowest BCUT2D eigenvalue weighted by Gasteiger charge is -2.01. The van der Waals surface area contributed by atoms with Gasteiger partial charge in [-0.25, -0.2) is 19.3 Å². The molecule has 0 saturated carbocycles. The molecule has 0 atom stereocenters. The Kier molecular flexibility index (Phi) is 3.11. The fraction of sp³-hybridized carbons (Fsp3) is 0.0769. The second-order valence-corrected chi connectivity index (χ2v) is 4.97. The van der Waals surface area contributed by atoms with Crippen molar-refractivity contribution < 1.29 is 4.39 Å². The molecular formula is C13H10FN5S. The van der Waals surface area contributed by atoms with Crippen LogP contribution in [0.15, 0.2) is 29.9 Å². The third-order valence-corrected chi connectivity index (χ3v) is 3.54. The predicted octanol–water partition coefficient (Wildman–Crippen LogP) is 2.69. The van der Waals surface area contributed by atoms with E-state index in [0.717, 1.165) is 6.20 Å². The Labute approximate surface area is 118 Å². The Hall–Kier alpha value is -2.41. The SMILES string of the molecule is Cc1ncc(-c2nc(-c3ccc(F)cn3)cs2)c(N)n1. The third kappa shape index (κ3) is 2.35. The largest absolute Gasteiger partial charge is 0.383 e. The van der Waals surface area contributed by atoms with Crippen molar-refractivity contribution in [2.45, 2.75) is 6.92 Å². The van der Waals surface area contributed by atoms with Gasteiger partial charge in [0.2, 0.25) is 0 Å². The van der Waals surface area contributed by atoms with Gasteiger partial charge < -0.3 is 5.73 Å². The van der Waals surface area contributed by atoms with Crippen molar-refractivity contribution in [1.29, 1.82) is 0 Å². The Bertz CT molecular complexity index is 754. The zero-order valence-corrected chi connectivity index (χ0v) is 11.4. The lowest BCUT2D eigenvalue weighted by Crippen LogP contribution is -1.98. The quantitative estimate of drug-likeness (QED) is 0.784. The summed E-state index contributed by atoms with van der Waals surface area (Å²) in [6, 6.07) is 2.94. The molecule has 0 aromatic carbocycles. The minimum absolute atomic E-state index is 0.375. The van der Waals surface area contributed by atoms with Crippen molar-refractivity contribution in [3.05, 3.63) is 41.5 Å². The molecule has 3 rings (SSSR count). The third-order valence-electron chi connectivity index (χ3n) is 2.66. The summed E-state index contributed by atoms with van der Waals surface area (Å²) in [4.78, 5) is 16.7. The summed E-state index contributed by atoms with van der Waals surface area (Å²) in [5, 5.41) is 2.55. The van der Waals surface area contributed by atoms with E-state index in [0.29, 0.717) is 33.6 Å². The zero-order chi connectivity index (χ0) is 14.1. The van der Waals surface area contributed by atoms with Gasteiger partial charge in [0.15, 0.2) is 0 Å². The molecule has 0 saturated heterocycles. The standard InChI is InChI=1S/C13H10FN5S/c1-7-16-5-9(12(15)18-7)13-19-11(6-20-13)10-3-2-8(14)4-17-10/h2-6H,1H3,(H2,15,16,18). The second kappa shape index (κ2) is 4.93. The van der Waals surface area contributed by atoms with Crippen LogP contribution in [0, 0.1) is 12.7 Å². The number of nitrogens with zero attached hydrogens (tertiary/aromatic N) is 4. The predicted molar refractivity (Wildman–Crippen MR) is 75.5 cm³/mol. The summed E-state index contributed by atoms with van der Waals surface area (Å²) in [6.07, 6.45) is 2.82. The molecule has 3 aromatic heterocycles. The summed E-state index contributed by atoms with van der Waals surface area (Å²) >= 11 is 1.42. The van der Waals surface area contributed by atoms with Crippen molar-refractivity contribution >= 4 is 17.2 Å². The number of nitrogens with two attached hydrogens (primary N) is 1. The Balaban J connectivity index is 1.99. The van der Waals surface area contributed by atoms with Crippen molar-refractivity contribution in [3.63, 3.8) is 0 Å². The van der Waals surface area contributed by atoms with Gasteiger partial charge in [-0.1, -0.05) is 0 Å². The zero-order valence-electron chi connectivity index (χ0n) is 10.5. The van der Waals surface area contributed by atoms with E-state index in [9.17, 15) is 4.39 Å². The van der Waals surface area contributed by atoms with E-state index < -0.39 is 0 Å². The fourth-order valence-corrected chi connectivity index (χ4v) is 2.53. The van der Waals surface area contributed by atoms with Crippen LogP contribution in [0.5, 0.6) is 0 Å². The average Bonchev–Trinajstić information content (AvgIpc) is 2.89. The molecule has 0 unspecified atom stereocenters. The minimum Gasteiger partial charge on any atom is -0.383 e. The second-order valence-electron chi connectivity index (χ2n) is 4.12. The van der Waals surface area contributed by atoms with Gasteiger partial charge in [-0.3, -0.25) is 4.98 Å². The number of aromatic nitrogens is 4. The average molecular weight is 287 g/mol. The van der Waals surface area contributed by atoms with E-state index in [4.69, 9.17) is 5.73 Å². The molecule has 3 aromatic rings. The number of hydrogen-bond donors (Lipinski definition) is 1.